The molecular formula is C16H11FN6. The van der Waals surface area contributed by atoms with Gasteiger partial charge in [-0.3, -0.25) is 0 Å². The first-order valence-corrected chi connectivity index (χ1v) is 6.95. The van der Waals surface area contributed by atoms with Crippen molar-refractivity contribution in [1.29, 1.82) is 0 Å². The molecule has 0 amide bonds. The topological polar surface area (TPSA) is 78.8 Å². The molecule has 0 bridgehead atoms. The van der Waals surface area contributed by atoms with Gasteiger partial charge in [0.05, 0.1) is 6.21 Å². The van der Waals surface area contributed by atoms with E-state index in [1.54, 1.807) is 18.3 Å². The van der Waals surface area contributed by atoms with Gasteiger partial charge in [-0.05, 0) is 23.8 Å². The van der Waals surface area contributed by atoms with Crippen LogP contribution in [0.25, 0.3) is 22.1 Å². The molecule has 0 aliphatic rings. The molecule has 112 valence electrons. The third-order valence-electron chi connectivity index (χ3n) is 3.37. The summed E-state index contributed by atoms with van der Waals surface area (Å²) in [7, 11) is 0. The van der Waals surface area contributed by atoms with Crippen molar-refractivity contribution >= 4 is 34.2 Å². The Morgan fingerprint density at radius 2 is 1.87 bits per heavy atom. The highest BCUT2D eigenvalue weighted by Crippen LogP contribution is 2.21. The minimum absolute atomic E-state index is 0.280. The van der Waals surface area contributed by atoms with Crippen molar-refractivity contribution in [3.63, 3.8) is 0 Å². The number of anilines is 1. The van der Waals surface area contributed by atoms with Crippen LogP contribution >= 0.6 is 0 Å². The molecule has 4 aromatic rings. The lowest BCUT2D eigenvalue weighted by molar-refractivity contribution is 0.628. The number of H-pyrrole nitrogens is 1. The van der Waals surface area contributed by atoms with Gasteiger partial charge in [-0.1, -0.05) is 30.3 Å². The molecule has 2 heterocycles. The summed E-state index contributed by atoms with van der Waals surface area (Å²) in [4.78, 5) is 7.53. The minimum Gasteiger partial charge on any atom is -0.338 e. The Kier molecular flexibility index (Phi) is 3.16. The Balaban J connectivity index is 1.59. The van der Waals surface area contributed by atoms with Gasteiger partial charge in [0.15, 0.2) is 5.65 Å². The molecule has 0 saturated carbocycles. The van der Waals surface area contributed by atoms with E-state index in [0.717, 1.165) is 16.5 Å². The van der Waals surface area contributed by atoms with Crippen molar-refractivity contribution in [2.75, 3.05) is 5.43 Å². The molecule has 4 rings (SSSR count). The van der Waals surface area contributed by atoms with Gasteiger partial charge in [-0.15, -0.1) is 10.2 Å². The van der Waals surface area contributed by atoms with Crippen LogP contribution in [0.4, 0.5) is 10.3 Å². The van der Waals surface area contributed by atoms with Crippen LogP contribution in [0.1, 0.15) is 5.56 Å². The monoisotopic (exact) mass is 306 g/mol. The van der Waals surface area contributed by atoms with E-state index >= 15 is 0 Å². The predicted molar refractivity (Wildman–Crippen MR) is 86.8 cm³/mol. The summed E-state index contributed by atoms with van der Waals surface area (Å²) in [6, 6.07) is 13.8. The molecule has 23 heavy (non-hydrogen) atoms. The predicted octanol–water partition coefficient (Wildman–Crippen LogP) is 3.09. The van der Waals surface area contributed by atoms with Crippen molar-refractivity contribution < 1.29 is 4.39 Å². The van der Waals surface area contributed by atoms with E-state index in [9.17, 15) is 4.39 Å². The van der Waals surface area contributed by atoms with E-state index in [4.69, 9.17) is 0 Å². The first-order chi connectivity index (χ1) is 11.3. The molecule has 0 unspecified atom stereocenters. The molecule has 0 atom stereocenters. The van der Waals surface area contributed by atoms with Crippen LogP contribution in [0.2, 0.25) is 0 Å². The highest BCUT2D eigenvalue weighted by Gasteiger charge is 2.07. The van der Waals surface area contributed by atoms with E-state index in [1.165, 1.54) is 12.1 Å². The van der Waals surface area contributed by atoms with Gasteiger partial charge in [0.1, 0.15) is 11.3 Å². The van der Waals surface area contributed by atoms with Crippen molar-refractivity contribution in [3.8, 4) is 0 Å². The maximum atomic E-state index is 12.8. The van der Waals surface area contributed by atoms with Crippen LogP contribution in [0.3, 0.4) is 0 Å². The van der Waals surface area contributed by atoms with Gasteiger partial charge < -0.3 is 4.98 Å². The first-order valence-electron chi connectivity index (χ1n) is 6.95. The minimum atomic E-state index is -0.285. The Hall–Kier alpha value is -3.35. The summed E-state index contributed by atoms with van der Waals surface area (Å²) in [6.45, 7) is 0. The normalized spacial score (nSPS) is 11.5. The number of benzene rings is 2. The third kappa shape index (κ3) is 2.59. The fourth-order valence-corrected chi connectivity index (χ4v) is 2.28. The van der Waals surface area contributed by atoms with Crippen LogP contribution in [-0.2, 0) is 0 Å². The SMILES string of the molecule is Fc1ccc(C=NNc2nnc3c(n2)[nH]c2ccccc23)cc1. The number of hydrazone groups is 1. The number of para-hydroxylation sites is 1. The van der Waals surface area contributed by atoms with Crippen molar-refractivity contribution in [3.05, 3.63) is 59.9 Å². The van der Waals surface area contributed by atoms with Gasteiger partial charge in [-0.2, -0.15) is 10.1 Å². The van der Waals surface area contributed by atoms with Gasteiger partial charge in [0.2, 0.25) is 0 Å². The Labute approximate surface area is 130 Å². The van der Waals surface area contributed by atoms with Crippen LogP contribution in [0, 0.1) is 5.82 Å². The molecule has 0 spiro atoms. The second-order valence-corrected chi connectivity index (χ2v) is 4.92. The number of aromatic nitrogens is 4. The fourth-order valence-electron chi connectivity index (χ4n) is 2.28. The van der Waals surface area contributed by atoms with Crippen molar-refractivity contribution in [2.24, 2.45) is 5.10 Å². The van der Waals surface area contributed by atoms with E-state index in [-0.39, 0.29) is 11.8 Å². The number of rotatable bonds is 3. The van der Waals surface area contributed by atoms with Gasteiger partial charge in [-0.25, -0.2) is 9.82 Å². The molecule has 7 heteroatoms. The summed E-state index contributed by atoms with van der Waals surface area (Å²) in [5, 5.41) is 13.2. The van der Waals surface area contributed by atoms with Gasteiger partial charge in [0.25, 0.3) is 5.95 Å². The van der Waals surface area contributed by atoms with Gasteiger partial charge >= 0.3 is 0 Å². The number of halogens is 1. The second-order valence-electron chi connectivity index (χ2n) is 4.92. The summed E-state index contributed by atoms with van der Waals surface area (Å²) in [5.74, 6) is -0.00526. The van der Waals surface area contributed by atoms with Gasteiger partial charge in [0, 0.05) is 10.9 Å². The maximum absolute atomic E-state index is 12.8. The zero-order valence-electron chi connectivity index (χ0n) is 11.9. The molecule has 2 N–H and O–H groups in total. The number of hydrogen-bond acceptors (Lipinski definition) is 5. The number of nitrogens with one attached hydrogen (secondary N) is 2. The van der Waals surface area contributed by atoms with E-state index < -0.39 is 0 Å². The van der Waals surface area contributed by atoms with Crippen LogP contribution < -0.4 is 5.43 Å². The summed E-state index contributed by atoms with van der Waals surface area (Å²) in [5.41, 5.74) is 5.79. The quantitative estimate of drug-likeness (QED) is 0.450. The van der Waals surface area contributed by atoms with Crippen LogP contribution in [0.15, 0.2) is 53.6 Å². The molecule has 0 aliphatic heterocycles. The molecule has 2 aromatic heterocycles. The van der Waals surface area contributed by atoms with Crippen LogP contribution in [-0.4, -0.2) is 26.4 Å². The standard InChI is InChI=1S/C16H11FN6/c17-11-7-5-10(6-8-11)9-18-22-16-20-15-14(21-23-16)12-3-1-2-4-13(12)19-15/h1-9H,(H2,19,20,22,23). The Bertz CT molecular complexity index is 1010. The highest BCUT2D eigenvalue weighted by molar-refractivity contribution is 6.03. The molecule has 6 nitrogen and oxygen atoms in total. The zero-order valence-corrected chi connectivity index (χ0v) is 11.9. The summed E-state index contributed by atoms with van der Waals surface area (Å²) < 4.78 is 12.8. The van der Waals surface area contributed by atoms with E-state index in [1.807, 2.05) is 24.3 Å². The average Bonchev–Trinajstić information content (AvgIpc) is 2.94. The van der Waals surface area contributed by atoms with Crippen molar-refractivity contribution in [2.45, 2.75) is 0 Å². The molecular weight excluding hydrogens is 295 g/mol. The Morgan fingerprint density at radius 1 is 1.04 bits per heavy atom. The summed E-state index contributed by atoms with van der Waals surface area (Å²) >= 11 is 0. The van der Waals surface area contributed by atoms with E-state index in [2.05, 4.69) is 30.7 Å². The molecule has 2 aromatic carbocycles. The van der Waals surface area contributed by atoms with Crippen LogP contribution in [0.5, 0.6) is 0 Å². The van der Waals surface area contributed by atoms with Crippen molar-refractivity contribution in [1.82, 2.24) is 20.2 Å². The lowest BCUT2D eigenvalue weighted by Gasteiger charge is -1.97. The number of aromatic amines is 1. The molecule has 0 fully saturated rings. The lowest BCUT2D eigenvalue weighted by atomic mass is 10.2. The highest BCUT2D eigenvalue weighted by atomic mass is 19.1. The Morgan fingerprint density at radius 3 is 2.74 bits per heavy atom. The zero-order chi connectivity index (χ0) is 15.6. The first kappa shape index (κ1) is 13.3. The second kappa shape index (κ2) is 5.45. The molecule has 0 saturated heterocycles. The van der Waals surface area contributed by atoms with E-state index in [0.29, 0.717) is 11.2 Å². The summed E-state index contributed by atoms with van der Waals surface area (Å²) in [6.07, 6.45) is 1.55. The average molecular weight is 306 g/mol. The number of fused-ring (bicyclic) bond motifs is 3. The fraction of sp³-hybridized carbons (Fsp3) is 0. The number of hydrogen-bond donors (Lipinski definition) is 2. The lowest BCUT2D eigenvalue weighted by Crippen LogP contribution is -1.99. The molecule has 0 radical (unpaired) electrons. The largest absolute Gasteiger partial charge is 0.338 e. The smallest absolute Gasteiger partial charge is 0.265 e. The maximum Gasteiger partial charge on any atom is 0.265 e. The third-order valence-corrected chi connectivity index (χ3v) is 3.37. The number of nitrogens with zero attached hydrogens (tertiary/aromatic N) is 4. The molecule has 0 aliphatic carbocycles.